The van der Waals surface area contributed by atoms with Crippen molar-refractivity contribution < 1.29 is 27.4 Å². The van der Waals surface area contributed by atoms with E-state index in [0.29, 0.717) is 33.0 Å². The molecule has 2 aromatic rings. The normalized spacial score (nSPS) is 19.2. The molecule has 0 aromatic heterocycles. The van der Waals surface area contributed by atoms with Gasteiger partial charge in [0.15, 0.2) is 16.7 Å². The number of primary sulfonamides is 1. The molecule has 2 aromatic carbocycles. The fourth-order valence-corrected chi connectivity index (χ4v) is 5.96. The summed E-state index contributed by atoms with van der Waals surface area (Å²) in [5, 5.41) is 5.77. The van der Waals surface area contributed by atoms with Gasteiger partial charge in [-0.2, -0.15) is 0 Å². The number of thioether (sulfide) groups is 1. The van der Waals surface area contributed by atoms with Crippen LogP contribution in [0.3, 0.4) is 0 Å². The lowest BCUT2D eigenvalue weighted by atomic mass is 9.94. The minimum Gasteiger partial charge on any atom is -0.493 e. The number of methoxy groups -OCH3 is 3. The number of aliphatic imine (C=N–C) groups is 1. The molecule has 1 aliphatic heterocycles. The first-order valence-corrected chi connectivity index (χ1v) is 13.9. The van der Waals surface area contributed by atoms with E-state index in [0.717, 1.165) is 37.7 Å². The Bertz CT molecular complexity index is 1270. The number of nitrogens with zero attached hydrogens (tertiary/aromatic N) is 2. The maximum Gasteiger partial charge on any atom is 0.267 e. The zero-order valence-electron chi connectivity index (χ0n) is 20.4. The molecule has 36 heavy (non-hydrogen) atoms. The molecule has 0 spiro atoms. The highest BCUT2D eigenvalue weighted by atomic mass is 32.2. The van der Waals surface area contributed by atoms with Crippen molar-refractivity contribution in [3.63, 3.8) is 0 Å². The highest BCUT2D eigenvalue weighted by Crippen LogP contribution is 2.42. The van der Waals surface area contributed by atoms with Crippen LogP contribution in [0.4, 0.5) is 5.69 Å². The Morgan fingerprint density at radius 3 is 2.14 bits per heavy atom. The lowest BCUT2D eigenvalue weighted by Crippen LogP contribution is -2.40. The molecule has 2 N–H and O–H groups in total. The van der Waals surface area contributed by atoms with Crippen LogP contribution < -0.4 is 19.3 Å². The summed E-state index contributed by atoms with van der Waals surface area (Å²) in [7, 11) is 0.821. The van der Waals surface area contributed by atoms with Gasteiger partial charge in [0.25, 0.3) is 5.91 Å². The maximum absolute atomic E-state index is 13.6. The summed E-state index contributed by atoms with van der Waals surface area (Å²) in [6.45, 7) is 0. The molecule has 1 heterocycles. The predicted octanol–water partition coefficient (Wildman–Crippen LogP) is 4.30. The molecule has 11 heteroatoms. The Hall–Kier alpha value is -3.02. The van der Waals surface area contributed by atoms with Gasteiger partial charge >= 0.3 is 0 Å². The smallest absolute Gasteiger partial charge is 0.267 e. The molecule has 1 aliphatic carbocycles. The molecule has 2 aliphatic rings. The average Bonchev–Trinajstić information content (AvgIpc) is 3.17. The third-order valence-corrected chi connectivity index (χ3v) is 8.06. The number of carbonyl (C=O) groups is 1. The van der Waals surface area contributed by atoms with Crippen molar-refractivity contribution in [2.75, 3.05) is 21.3 Å². The molecule has 9 nitrogen and oxygen atoms in total. The van der Waals surface area contributed by atoms with E-state index < -0.39 is 10.0 Å². The van der Waals surface area contributed by atoms with Crippen LogP contribution in [0.25, 0.3) is 6.08 Å². The summed E-state index contributed by atoms with van der Waals surface area (Å²) in [6, 6.07) is 9.62. The largest absolute Gasteiger partial charge is 0.493 e. The van der Waals surface area contributed by atoms with E-state index in [-0.39, 0.29) is 16.8 Å². The van der Waals surface area contributed by atoms with Crippen LogP contribution in [0.1, 0.15) is 37.7 Å². The standard InChI is InChI=1S/C25H29N3O6S2/c1-32-20-13-16(14-21(33-2)23(20)34-3)15-22-24(29)28(18-7-5-4-6-8-18)25(35-22)27-17-9-11-19(12-10-17)36(26,30)31/h9-15,18H,4-8H2,1-3H3,(H2,26,30,31). The molecular weight excluding hydrogens is 502 g/mol. The van der Waals surface area contributed by atoms with Gasteiger partial charge in [-0.15, -0.1) is 0 Å². The summed E-state index contributed by atoms with van der Waals surface area (Å²) >= 11 is 1.29. The summed E-state index contributed by atoms with van der Waals surface area (Å²) in [5.74, 6) is 1.35. The van der Waals surface area contributed by atoms with E-state index in [9.17, 15) is 13.2 Å². The minimum atomic E-state index is -3.80. The number of amidine groups is 1. The van der Waals surface area contributed by atoms with Crippen molar-refractivity contribution in [3.05, 3.63) is 46.9 Å². The van der Waals surface area contributed by atoms with E-state index in [1.807, 2.05) is 0 Å². The number of benzene rings is 2. The average molecular weight is 532 g/mol. The summed E-state index contributed by atoms with van der Waals surface area (Å²) in [6.07, 6.45) is 6.88. The number of carbonyl (C=O) groups excluding carboxylic acids is 1. The van der Waals surface area contributed by atoms with Crippen LogP contribution >= 0.6 is 11.8 Å². The van der Waals surface area contributed by atoms with Gasteiger partial charge in [-0.05, 0) is 72.6 Å². The van der Waals surface area contributed by atoms with E-state index in [1.165, 1.54) is 31.0 Å². The van der Waals surface area contributed by atoms with Crippen molar-refractivity contribution in [2.24, 2.45) is 10.1 Å². The predicted molar refractivity (Wildman–Crippen MR) is 140 cm³/mol. The molecular formula is C25H29N3O6S2. The molecule has 2 fully saturated rings. The third-order valence-electron chi connectivity index (χ3n) is 6.15. The number of ether oxygens (including phenoxy) is 3. The first kappa shape index (κ1) is 26.1. The molecule has 0 bridgehead atoms. The second kappa shape index (κ2) is 10.9. The van der Waals surface area contributed by atoms with E-state index in [1.54, 1.807) is 49.5 Å². The number of nitrogens with two attached hydrogens (primary N) is 1. The van der Waals surface area contributed by atoms with Crippen molar-refractivity contribution >= 4 is 44.6 Å². The molecule has 1 saturated heterocycles. The number of rotatable bonds is 7. The third kappa shape index (κ3) is 5.53. The topological polar surface area (TPSA) is 121 Å². The Morgan fingerprint density at radius 1 is 1.00 bits per heavy atom. The molecule has 192 valence electrons. The minimum absolute atomic E-state index is 0.00808. The summed E-state index contributed by atoms with van der Waals surface area (Å²) < 4.78 is 39.5. The maximum atomic E-state index is 13.6. The fourth-order valence-electron chi connectivity index (χ4n) is 4.38. The number of hydrogen-bond acceptors (Lipinski definition) is 8. The fraction of sp³-hybridized carbons (Fsp3) is 0.360. The van der Waals surface area contributed by atoms with Gasteiger partial charge in [-0.3, -0.25) is 9.69 Å². The summed E-state index contributed by atoms with van der Waals surface area (Å²) in [4.78, 5) is 20.6. The van der Waals surface area contributed by atoms with Crippen LogP contribution in [0.2, 0.25) is 0 Å². The van der Waals surface area contributed by atoms with Gasteiger partial charge in [0, 0.05) is 6.04 Å². The second-order valence-electron chi connectivity index (χ2n) is 8.47. The van der Waals surface area contributed by atoms with Crippen LogP contribution in [0, 0.1) is 0 Å². The van der Waals surface area contributed by atoms with E-state index >= 15 is 0 Å². The Kier molecular flexibility index (Phi) is 7.91. The second-order valence-corrected chi connectivity index (χ2v) is 11.0. The van der Waals surface area contributed by atoms with Crippen LogP contribution in [0.15, 0.2) is 51.2 Å². The Morgan fingerprint density at radius 2 is 1.61 bits per heavy atom. The van der Waals surface area contributed by atoms with Crippen molar-refractivity contribution in [1.82, 2.24) is 4.90 Å². The van der Waals surface area contributed by atoms with Gasteiger partial charge in [0.2, 0.25) is 15.8 Å². The highest BCUT2D eigenvalue weighted by molar-refractivity contribution is 8.18. The first-order chi connectivity index (χ1) is 17.2. The quantitative estimate of drug-likeness (QED) is 0.529. The Balaban J connectivity index is 1.73. The molecule has 0 radical (unpaired) electrons. The SMILES string of the molecule is COc1cc(C=C2SC(=Nc3ccc(S(N)(=O)=O)cc3)N(C3CCCCC3)C2=O)cc(OC)c1OC. The first-order valence-electron chi connectivity index (χ1n) is 11.5. The van der Waals surface area contributed by atoms with Gasteiger partial charge < -0.3 is 14.2 Å². The zero-order valence-corrected chi connectivity index (χ0v) is 22.0. The van der Waals surface area contributed by atoms with Gasteiger partial charge in [-0.1, -0.05) is 19.3 Å². The number of amides is 1. The molecule has 4 rings (SSSR count). The van der Waals surface area contributed by atoms with Crippen molar-refractivity contribution in [3.8, 4) is 17.2 Å². The lowest BCUT2D eigenvalue weighted by molar-refractivity contribution is -0.124. The van der Waals surface area contributed by atoms with Gasteiger partial charge in [-0.25, -0.2) is 18.5 Å². The van der Waals surface area contributed by atoms with Crippen LogP contribution in [0.5, 0.6) is 17.2 Å². The number of sulfonamides is 1. The Labute approximate surface area is 215 Å². The van der Waals surface area contributed by atoms with E-state index in [4.69, 9.17) is 24.3 Å². The molecule has 1 saturated carbocycles. The lowest BCUT2D eigenvalue weighted by Gasteiger charge is -2.30. The van der Waals surface area contributed by atoms with Crippen LogP contribution in [-0.4, -0.2) is 51.8 Å². The monoisotopic (exact) mass is 531 g/mol. The van der Waals surface area contributed by atoms with E-state index in [2.05, 4.69) is 0 Å². The van der Waals surface area contributed by atoms with Crippen molar-refractivity contribution in [2.45, 2.75) is 43.0 Å². The van der Waals surface area contributed by atoms with Gasteiger partial charge in [0.1, 0.15) is 0 Å². The van der Waals surface area contributed by atoms with Gasteiger partial charge in [0.05, 0.1) is 36.8 Å². The van der Waals surface area contributed by atoms with Crippen molar-refractivity contribution in [1.29, 1.82) is 0 Å². The van der Waals surface area contributed by atoms with Crippen LogP contribution in [-0.2, 0) is 14.8 Å². The summed E-state index contributed by atoms with van der Waals surface area (Å²) in [5.41, 5.74) is 1.26. The molecule has 0 atom stereocenters. The zero-order chi connectivity index (χ0) is 25.9. The number of hydrogen-bond donors (Lipinski definition) is 1. The molecule has 0 unspecified atom stereocenters. The highest BCUT2D eigenvalue weighted by Gasteiger charge is 2.38. The molecule has 1 amide bonds.